The highest BCUT2D eigenvalue weighted by Crippen LogP contribution is 2.29. The summed E-state index contributed by atoms with van der Waals surface area (Å²) in [5.74, 6) is 1.73. The lowest BCUT2D eigenvalue weighted by atomic mass is 10.2. The van der Waals surface area contributed by atoms with Gasteiger partial charge in [-0.1, -0.05) is 0 Å². The Morgan fingerprint density at radius 2 is 1.23 bits per heavy atom. The van der Waals surface area contributed by atoms with E-state index < -0.39 is 12.6 Å². The number of benzene rings is 2. The molecule has 160 valence electrons. The van der Waals surface area contributed by atoms with Gasteiger partial charge >= 0.3 is 0 Å². The van der Waals surface area contributed by atoms with Crippen molar-refractivity contribution in [1.29, 1.82) is 0 Å². The van der Waals surface area contributed by atoms with Gasteiger partial charge in [-0.25, -0.2) is 0 Å². The van der Waals surface area contributed by atoms with E-state index in [1.165, 1.54) is 0 Å². The lowest BCUT2D eigenvalue weighted by Gasteiger charge is -2.32. The van der Waals surface area contributed by atoms with Crippen molar-refractivity contribution in [3.63, 3.8) is 0 Å². The maximum Gasteiger partial charge on any atom is 0.263 e. The molecule has 3 rings (SSSR count). The fourth-order valence-electron chi connectivity index (χ4n) is 2.86. The standard InChI is InChI=1S/C22H24O8/c1-3-25-19-11-17(7-5-15(19)13-23)29-21-22(28-10-9-27-21)30-18-8-6-16(14-24)20(12-18)26-4-2/h5-8,11-14,21-22H,3-4,9-10H2,1-2H3/t21-,22-/m0/s1. The summed E-state index contributed by atoms with van der Waals surface area (Å²) in [6, 6.07) is 9.75. The van der Waals surface area contributed by atoms with E-state index in [0.717, 1.165) is 12.6 Å². The maximum atomic E-state index is 11.2. The van der Waals surface area contributed by atoms with Crippen LogP contribution in [0.1, 0.15) is 34.6 Å². The number of hydrogen-bond donors (Lipinski definition) is 0. The molecule has 8 nitrogen and oxygen atoms in total. The van der Waals surface area contributed by atoms with Crippen LogP contribution in [-0.4, -0.2) is 51.6 Å². The van der Waals surface area contributed by atoms with Gasteiger partial charge in [0, 0.05) is 12.1 Å². The third kappa shape index (κ3) is 5.28. The minimum Gasteiger partial charge on any atom is -0.493 e. The normalized spacial score (nSPS) is 18.3. The molecule has 0 radical (unpaired) electrons. The zero-order chi connectivity index (χ0) is 21.3. The van der Waals surface area contributed by atoms with E-state index in [1.807, 2.05) is 13.8 Å². The highest BCUT2D eigenvalue weighted by atomic mass is 16.8. The third-order valence-corrected chi connectivity index (χ3v) is 4.20. The highest BCUT2D eigenvalue weighted by Gasteiger charge is 2.31. The van der Waals surface area contributed by atoms with Crippen LogP contribution < -0.4 is 18.9 Å². The first-order valence-corrected chi connectivity index (χ1v) is 9.69. The van der Waals surface area contributed by atoms with Gasteiger partial charge in [0.15, 0.2) is 12.6 Å². The maximum absolute atomic E-state index is 11.2. The molecule has 2 atom stereocenters. The van der Waals surface area contributed by atoms with Crippen molar-refractivity contribution in [3.8, 4) is 23.0 Å². The average molecular weight is 416 g/mol. The Kier molecular flexibility index (Phi) is 7.64. The molecule has 0 aromatic heterocycles. The van der Waals surface area contributed by atoms with Crippen LogP contribution in [0.25, 0.3) is 0 Å². The molecule has 1 aliphatic heterocycles. The van der Waals surface area contributed by atoms with E-state index in [2.05, 4.69) is 0 Å². The largest absolute Gasteiger partial charge is 0.493 e. The van der Waals surface area contributed by atoms with Gasteiger partial charge in [-0.15, -0.1) is 0 Å². The van der Waals surface area contributed by atoms with Crippen molar-refractivity contribution >= 4 is 12.6 Å². The second-order valence-corrected chi connectivity index (χ2v) is 6.22. The van der Waals surface area contributed by atoms with E-state index in [1.54, 1.807) is 36.4 Å². The molecule has 2 aromatic rings. The number of carbonyl (C=O) groups excluding carboxylic acids is 2. The number of rotatable bonds is 10. The van der Waals surface area contributed by atoms with E-state index in [4.69, 9.17) is 28.4 Å². The van der Waals surface area contributed by atoms with Crippen LogP contribution in [0.15, 0.2) is 36.4 Å². The van der Waals surface area contributed by atoms with Crippen molar-refractivity contribution in [2.24, 2.45) is 0 Å². The zero-order valence-corrected chi connectivity index (χ0v) is 16.9. The lowest BCUT2D eigenvalue weighted by molar-refractivity contribution is -0.271. The second-order valence-electron chi connectivity index (χ2n) is 6.22. The van der Waals surface area contributed by atoms with Crippen LogP contribution in [0, 0.1) is 0 Å². The zero-order valence-electron chi connectivity index (χ0n) is 16.9. The minimum absolute atomic E-state index is 0.337. The fraction of sp³-hybridized carbons (Fsp3) is 0.364. The molecule has 0 spiro atoms. The summed E-state index contributed by atoms with van der Waals surface area (Å²) in [4.78, 5) is 22.3. The van der Waals surface area contributed by atoms with Gasteiger partial charge in [0.25, 0.3) is 12.6 Å². The minimum atomic E-state index is -0.850. The van der Waals surface area contributed by atoms with Crippen LogP contribution in [0.5, 0.6) is 23.0 Å². The SMILES string of the molecule is CCOc1cc(O[C@@H]2OCCO[C@H]2Oc2ccc(C=O)c(OCC)c2)ccc1C=O. The van der Waals surface area contributed by atoms with Crippen LogP contribution in [-0.2, 0) is 9.47 Å². The molecule has 0 saturated carbocycles. The third-order valence-electron chi connectivity index (χ3n) is 4.20. The van der Waals surface area contributed by atoms with E-state index >= 15 is 0 Å². The molecule has 1 aliphatic rings. The summed E-state index contributed by atoms with van der Waals surface area (Å²) in [7, 11) is 0. The topological polar surface area (TPSA) is 89.5 Å². The van der Waals surface area contributed by atoms with Gasteiger partial charge in [0.05, 0.1) is 37.6 Å². The first-order chi connectivity index (χ1) is 14.7. The Morgan fingerprint density at radius 1 is 0.800 bits per heavy atom. The van der Waals surface area contributed by atoms with Crippen LogP contribution in [0.3, 0.4) is 0 Å². The summed E-state index contributed by atoms with van der Waals surface area (Å²) >= 11 is 0. The number of ether oxygens (including phenoxy) is 6. The van der Waals surface area contributed by atoms with Gasteiger partial charge in [-0.05, 0) is 38.1 Å². The van der Waals surface area contributed by atoms with Crippen LogP contribution in [0.4, 0.5) is 0 Å². The van der Waals surface area contributed by atoms with E-state index in [9.17, 15) is 9.59 Å². The first-order valence-electron chi connectivity index (χ1n) is 9.69. The van der Waals surface area contributed by atoms with Gasteiger partial charge in [0.1, 0.15) is 23.0 Å². The molecule has 1 fully saturated rings. The monoisotopic (exact) mass is 416 g/mol. The Hall–Kier alpha value is -3.10. The lowest BCUT2D eigenvalue weighted by Crippen LogP contribution is -2.45. The van der Waals surface area contributed by atoms with Gasteiger partial charge < -0.3 is 28.4 Å². The predicted octanol–water partition coefficient (Wildman–Crippen LogP) is 3.27. The van der Waals surface area contributed by atoms with Gasteiger partial charge in [-0.3, -0.25) is 9.59 Å². The average Bonchev–Trinajstić information content (AvgIpc) is 2.76. The van der Waals surface area contributed by atoms with Crippen molar-refractivity contribution < 1.29 is 38.0 Å². The smallest absolute Gasteiger partial charge is 0.263 e. The van der Waals surface area contributed by atoms with Crippen molar-refractivity contribution in [2.45, 2.75) is 26.4 Å². The molecule has 2 aromatic carbocycles. The van der Waals surface area contributed by atoms with Crippen molar-refractivity contribution in [2.75, 3.05) is 26.4 Å². The van der Waals surface area contributed by atoms with Gasteiger partial charge in [0.2, 0.25) is 0 Å². The molecule has 1 saturated heterocycles. The van der Waals surface area contributed by atoms with E-state index in [-0.39, 0.29) is 0 Å². The molecule has 1 heterocycles. The molecule has 0 unspecified atom stereocenters. The summed E-state index contributed by atoms with van der Waals surface area (Å²) in [5.41, 5.74) is 0.855. The van der Waals surface area contributed by atoms with E-state index in [0.29, 0.717) is 60.6 Å². The number of aldehydes is 2. The van der Waals surface area contributed by atoms with Crippen LogP contribution >= 0.6 is 0 Å². The molecule has 0 N–H and O–H groups in total. The Labute approximate surface area is 174 Å². The predicted molar refractivity (Wildman–Crippen MR) is 107 cm³/mol. The quantitative estimate of drug-likeness (QED) is 0.545. The first kappa shape index (κ1) is 21.6. The molecule has 30 heavy (non-hydrogen) atoms. The fourth-order valence-corrected chi connectivity index (χ4v) is 2.86. The Bertz CT molecular complexity index is 795. The van der Waals surface area contributed by atoms with Crippen LogP contribution in [0.2, 0.25) is 0 Å². The van der Waals surface area contributed by atoms with Gasteiger partial charge in [-0.2, -0.15) is 0 Å². The van der Waals surface area contributed by atoms with Crippen molar-refractivity contribution in [3.05, 3.63) is 47.5 Å². The highest BCUT2D eigenvalue weighted by molar-refractivity contribution is 5.80. The molecule has 0 aliphatic carbocycles. The Balaban J connectivity index is 1.75. The number of hydrogen-bond acceptors (Lipinski definition) is 8. The molecular formula is C22H24O8. The molecular weight excluding hydrogens is 392 g/mol. The molecule has 8 heteroatoms. The number of carbonyl (C=O) groups is 2. The summed E-state index contributed by atoms with van der Waals surface area (Å²) in [5, 5.41) is 0. The Morgan fingerprint density at radius 3 is 1.60 bits per heavy atom. The van der Waals surface area contributed by atoms with Crippen molar-refractivity contribution in [1.82, 2.24) is 0 Å². The summed E-state index contributed by atoms with van der Waals surface area (Å²) in [6.07, 6.45) is -0.257. The molecule has 0 amide bonds. The second kappa shape index (κ2) is 10.6. The summed E-state index contributed by atoms with van der Waals surface area (Å²) < 4.78 is 34.1. The summed E-state index contributed by atoms with van der Waals surface area (Å²) in [6.45, 7) is 5.16. The molecule has 0 bridgehead atoms.